The standard InChI is InChI=1S/C19H20ClF2N5O2.C13H16ClN5O2.C6H8F2O2.CH4/c1-28-13-4-3-12(14(7-13)29-2)10-23-18-24-15(20)8-16-25-17(26-27(16)18)11-5-6-19(21,22)9-11;1-20-9-4-3-8(10(5-9)21-2)7-16-13-17-11(14)6-12(18-13)19-15;7-6(8)2-1-4(3-6)5(9)10;/h3-4,7-8,11H,5-6,9-10H2,1-2H3,(H,23,24);3-6H,7,15H2,1-2H3,(H2,16,17,18,19);4H,1-3H2,(H,9,10);1H4/t11-;;4-;/m0.0./s1. The highest BCUT2D eigenvalue weighted by molar-refractivity contribution is 6.30. The van der Waals surface area contributed by atoms with E-state index in [1.807, 2.05) is 30.3 Å². The number of aliphatic carboxylic acids is 1. The van der Waals surface area contributed by atoms with Crippen LogP contribution in [0.1, 0.15) is 68.8 Å². The summed E-state index contributed by atoms with van der Waals surface area (Å²) in [6, 6.07) is 14.1. The molecule has 2 fully saturated rings. The van der Waals surface area contributed by atoms with Crippen molar-refractivity contribution in [1.29, 1.82) is 0 Å². The fourth-order valence-electron chi connectivity index (χ4n) is 6.41. The van der Waals surface area contributed by atoms with Crippen LogP contribution in [0, 0.1) is 5.92 Å². The van der Waals surface area contributed by atoms with E-state index in [0.29, 0.717) is 71.1 Å². The van der Waals surface area contributed by atoms with Gasteiger partial charge in [0.1, 0.15) is 39.1 Å². The Morgan fingerprint density at radius 1 is 0.803 bits per heavy atom. The van der Waals surface area contributed by atoms with Gasteiger partial charge in [-0.3, -0.25) is 4.79 Å². The number of hydrogen-bond donors (Lipinski definition) is 5. The van der Waals surface area contributed by atoms with Crippen LogP contribution in [0.25, 0.3) is 5.65 Å². The number of halogens is 6. The highest BCUT2D eigenvalue weighted by Crippen LogP contribution is 2.43. The van der Waals surface area contributed by atoms with Crippen molar-refractivity contribution in [1.82, 2.24) is 29.5 Å². The summed E-state index contributed by atoms with van der Waals surface area (Å²) in [4.78, 5) is 27.1. The first-order chi connectivity index (χ1) is 28.5. The van der Waals surface area contributed by atoms with Crippen LogP contribution in [-0.4, -0.2) is 80.9 Å². The molecular weight excluding hydrogens is 851 g/mol. The smallest absolute Gasteiger partial charge is 0.306 e. The van der Waals surface area contributed by atoms with Gasteiger partial charge in [-0.2, -0.15) is 9.50 Å². The fraction of sp³-hybridized carbons (Fsp3) is 0.436. The molecule has 2 aliphatic rings. The van der Waals surface area contributed by atoms with E-state index < -0.39 is 30.2 Å². The molecule has 0 unspecified atom stereocenters. The summed E-state index contributed by atoms with van der Waals surface area (Å²) >= 11 is 12.0. The van der Waals surface area contributed by atoms with Crippen LogP contribution < -0.4 is 40.8 Å². The number of ether oxygens (including phenoxy) is 4. The molecule has 2 aromatic carbocycles. The molecule has 0 spiro atoms. The molecule has 3 aromatic heterocycles. The lowest BCUT2D eigenvalue weighted by molar-refractivity contribution is -0.142. The van der Waals surface area contributed by atoms with E-state index >= 15 is 0 Å². The fourth-order valence-corrected chi connectivity index (χ4v) is 6.77. The topological polar surface area (TPSA) is 205 Å². The van der Waals surface area contributed by atoms with Crippen LogP contribution in [-0.2, 0) is 17.9 Å². The van der Waals surface area contributed by atoms with E-state index in [2.05, 4.69) is 41.1 Å². The predicted octanol–water partition coefficient (Wildman–Crippen LogP) is 8.50. The summed E-state index contributed by atoms with van der Waals surface area (Å²) in [6.45, 7) is 0.851. The van der Waals surface area contributed by atoms with Crippen molar-refractivity contribution in [2.45, 2.75) is 76.8 Å². The Morgan fingerprint density at radius 2 is 1.38 bits per heavy atom. The molecule has 332 valence electrons. The molecule has 2 atom stereocenters. The Labute approximate surface area is 359 Å². The first kappa shape index (κ1) is 48.1. The molecule has 5 aromatic rings. The van der Waals surface area contributed by atoms with Crippen LogP contribution in [0.5, 0.6) is 23.0 Å². The Bertz CT molecular complexity index is 2260. The average molecular weight is 900 g/mol. The number of carboxylic acids is 1. The maximum Gasteiger partial charge on any atom is 0.306 e. The number of anilines is 3. The number of nitrogens with zero attached hydrogens (tertiary/aromatic N) is 6. The summed E-state index contributed by atoms with van der Waals surface area (Å²) in [5.74, 6) is 1.94. The minimum absolute atomic E-state index is 0. The number of methoxy groups -OCH3 is 4. The van der Waals surface area contributed by atoms with Crippen molar-refractivity contribution >= 4 is 52.5 Å². The molecule has 61 heavy (non-hydrogen) atoms. The van der Waals surface area contributed by atoms with Crippen LogP contribution in [0.2, 0.25) is 10.3 Å². The molecule has 0 amide bonds. The zero-order valence-electron chi connectivity index (χ0n) is 32.9. The quantitative estimate of drug-likeness (QED) is 0.0325. The average Bonchev–Trinajstić information content (AvgIpc) is 3.94. The van der Waals surface area contributed by atoms with Crippen molar-refractivity contribution in [2.24, 2.45) is 11.8 Å². The second-order valence-corrected chi connectivity index (χ2v) is 14.5. The van der Waals surface area contributed by atoms with E-state index in [1.54, 1.807) is 40.6 Å². The highest BCUT2D eigenvalue weighted by Gasteiger charge is 2.43. The number of carboxylic acid groups (broad SMARTS) is 1. The van der Waals surface area contributed by atoms with Gasteiger partial charge in [-0.1, -0.05) is 30.6 Å². The number of hydrogen-bond acceptors (Lipinski definition) is 14. The summed E-state index contributed by atoms with van der Waals surface area (Å²) in [5.41, 5.74) is 4.69. The number of fused-ring (bicyclic) bond motifs is 1. The number of carbonyl (C=O) groups is 1. The van der Waals surface area contributed by atoms with Gasteiger partial charge in [0, 0.05) is 80.1 Å². The molecule has 2 aliphatic carbocycles. The van der Waals surface area contributed by atoms with E-state index in [1.165, 1.54) is 10.6 Å². The third-order valence-corrected chi connectivity index (χ3v) is 9.92. The predicted molar refractivity (Wildman–Crippen MR) is 223 cm³/mol. The van der Waals surface area contributed by atoms with Crippen molar-refractivity contribution < 1.29 is 46.4 Å². The lowest BCUT2D eigenvalue weighted by Gasteiger charge is -2.12. The first-order valence-electron chi connectivity index (χ1n) is 18.4. The second-order valence-electron chi connectivity index (χ2n) is 13.7. The molecular formula is C39H48Cl2F4N10O6. The summed E-state index contributed by atoms with van der Waals surface area (Å²) in [7, 11) is 6.37. The third kappa shape index (κ3) is 13.2. The first-order valence-corrected chi connectivity index (χ1v) is 19.1. The van der Waals surface area contributed by atoms with Gasteiger partial charge >= 0.3 is 5.97 Å². The number of nitrogens with two attached hydrogens (primary N) is 1. The number of hydrazine groups is 1. The van der Waals surface area contributed by atoms with Crippen LogP contribution in [0.3, 0.4) is 0 Å². The minimum atomic E-state index is -2.73. The molecule has 22 heteroatoms. The zero-order chi connectivity index (χ0) is 43.6. The highest BCUT2D eigenvalue weighted by atomic mass is 35.5. The molecule has 0 radical (unpaired) electrons. The largest absolute Gasteiger partial charge is 0.497 e. The van der Waals surface area contributed by atoms with Gasteiger partial charge in [0.2, 0.25) is 23.7 Å². The van der Waals surface area contributed by atoms with Gasteiger partial charge in [-0.25, -0.2) is 38.4 Å². The van der Waals surface area contributed by atoms with Gasteiger partial charge in [-0.05, 0) is 37.1 Å². The number of benzene rings is 2. The lowest BCUT2D eigenvalue weighted by Crippen LogP contribution is -2.14. The van der Waals surface area contributed by atoms with Crippen molar-refractivity contribution in [3.63, 3.8) is 0 Å². The number of alkyl halides is 4. The third-order valence-electron chi connectivity index (χ3n) is 9.54. The van der Waals surface area contributed by atoms with Gasteiger partial charge in [0.25, 0.3) is 0 Å². The molecule has 0 aliphatic heterocycles. The number of rotatable bonds is 13. The van der Waals surface area contributed by atoms with Crippen molar-refractivity contribution in [2.75, 3.05) is 44.5 Å². The lowest BCUT2D eigenvalue weighted by atomic mass is 10.1. The maximum absolute atomic E-state index is 13.6. The van der Waals surface area contributed by atoms with Crippen molar-refractivity contribution in [3.05, 3.63) is 75.8 Å². The van der Waals surface area contributed by atoms with Gasteiger partial charge in [-0.15, -0.1) is 5.10 Å². The van der Waals surface area contributed by atoms with Crippen molar-refractivity contribution in [3.8, 4) is 23.0 Å². The summed E-state index contributed by atoms with van der Waals surface area (Å²) < 4.78 is 74.3. The Kier molecular flexibility index (Phi) is 16.8. The molecule has 2 saturated carbocycles. The second kappa shape index (κ2) is 21.3. The van der Waals surface area contributed by atoms with Crippen LogP contribution in [0.4, 0.5) is 35.3 Å². The van der Waals surface area contributed by atoms with E-state index in [4.69, 9.17) is 53.1 Å². The summed E-state index contributed by atoms with van der Waals surface area (Å²) in [6.07, 6.45) is -0.670. The molecule has 3 heterocycles. The Balaban J connectivity index is 0.000000223. The van der Waals surface area contributed by atoms with Gasteiger partial charge in [0.05, 0.1) is 34.4 Å². The van der Waals surface area contributed by atoms with E-state index in [0.717, 1.165) is 16.9 Å². The molecule has 0 saturated heterocycles. The van der Waals surface area contributed by atoms with E-state index in [-0.39, 0.29) is 44.2 Å². The SMILES string of the molecule is C.COc1ccc(CNc2nc(Cl)cc(NN)n2)c(OC)c1.COc1ccc(CNc2nc(Cl)cc3nc([C@H]4CCC(F)(F)C4)nn23)c(OC)c1.O=C(O)[C@H]1CCC(F)(F)C1. The molecule has 0 bridgehead atoms. The molecule has 7 rings (SSSR count). The van der Waals surface area contributed by atoms with E-state index in [9.17, 15) is 22.4 Å². The Hall–Kier alpha value is -5.60. The van der Waals surface area contributed by atoms with Crippen LogP contribution >= 0.6 is 23.2 Å². The minimum Gasteiger partial charge on any atom is -0.497 e. The molecule has 16 nitrogen and oxygen atoms in total. The Morgan fingerprint density at radius 3 is 1.87 bits per heavy atom. The van der Waals surface area contributed by atoms with Gasteiger partial charge in [0.15, 0.2) is 11.5 Å². The number of aromatic nitrogens is 6. The van der Waals surface area contributed by atoms with Gasteiger partial charge < -0.3 is 40.1 Å². The molecule has 6 N–H and O–H groups in total. The zero-order valence-corrected chi connectivity index (χ0v) is 34.5. The maximum atomic E-state index is 13.6. The monoisotopic (exact) mass is 898 g/mol. The van der Waals surface area contributed by atoms with Crippen LogP contribution in [0.15, 0.2) is 48.5 Å². The number of nitrogen functional groups attached to an aromatic ring is 1. The normalized spacial score (nSPS) is 17.1. The number of nitrogens with one attached hydrogen (secondary N) is 3. The summed E-state index contributed by atoms with van der Waals surface area (Å²) in [5, 5.41) is 19.5.